The number of aliphatic imine (C=N–C) groups is 1. The molecule has 1 atom stereocenters. The van der Waals surface area contributed by atoms with E-state index in [2.05, 4.69) is 24.0 Å². The van der Waals surface area contributed by atoms with Crippen LogP contribution in [0.3, 0.4) is 0 Å². The molecule has 0 radical (unpaired) electrons. The molecule has 90 valence electrons. The summed E-state index contributed by atoms with van der Waals surface area (Å²) in [6.45, 7) is 2.09. The third-order valence-corrected chi connectivity index (χ3v) is 5.46. The van der Waals surface area contributed by atoms with Gasteiger partial charge in [-0.3, -0.25) is 4.99 Å². The Kier molecular flexibility index (Phi) is 4.86. The molecular formula is C12H11Cl2NS2. The lowest BCUT2D eigenvalue weighted by Crippen LogP contribution is -1.91. The van der Waals surface area contributed by atoms with Crippen molar-refractivity contribution in [2.24, 2.45) is 4.99 Å². The van der Waals surface area contributed by atoms with Crippen LogP contribution in [-0.4, -0.2) is 10.1 Å². The summed E-state index contributed by atoms with van der Waals surface area (Å²) in [6, 6.07) is 10.4. The first kappa shape index (κ1) is 13.3. The van der Waals surface area contributed by atoms with Crippen LogP contribution in [0.1, 0.15) is 18.5 Å². The Morgan fingerprint density at radius 3 is 2.59 bits per heavy atom. The van der Waals surface area contributed by atoms with Gasteiger partial charge in [-0.05, 0) is 12.5 Å². The highest BCUT2D eigenvalue weighted by Crippen LogP contribution is 2.41. The number of benzene rings is 1. The molecule has 1 unspecified atom stereocenters. The topological polar surface area (TPSA) is 12.4 Å². The Morgan fingerprint density at radius 1 is 1.29 bits per heavy atom. The first-order valence-electron chi connectivity index (χ1n) is 5.14. The molecule has 0 spiro atoms. The SMILES string of the molecule is CC(N=C1SCC(=C(Cl)Cl)S1)c1ccccc1. The van der Waals surface area contributed by atoms with Gasteiger partial charge in [-0.2, -0.15) is 0 Å². The summed E-state index contributed by atoms with van der Waals surface area (Å²) in [4.78, 5) is 5.67. The highest BCUT2D eigenvalue weighted by atomic mass is 35.5. The smallest absolute Gasteiger partial charge is 0.130 e. The minimum atomic E-state index is 0.166. The second kappa shape index (κ2) is 6.19. The molecule has 0 saturated carbocycles. The zero-order chi connectivity index (χ0) is 12.3. The zero-order valence-electron chi connectivity index (χ0n) is 9.19. The van der Waals surface area contributed by atoms with Crippen molar-refractivity contribution in [2.75, 3.05) is 5.75 Å². The Balaban J connectivity index is 2.09. The molecule has 0 aromatic heterocycles. The lowest BCUT2D eigenvalue weighted by atomic mass is 10.1. The Labute approximate surface area is 120 Å². The molecule has 0 amide bonds. The summed E-state index contributed by atoms with van der Waals surface area (Å²) < 4.78 is 1.40. The molecular weight excluding hydrogens is 293 g/mol. The highest BCUT2D eigenvalue weighted by Gasteiger charge is 2.19. The van der Waals surface area contributed by atoms with Crippen LogP contribution in [-0.2, 0) is 0 Å². The van der Waals surface area contributed by atoms with Gasteiger partial charge < -0.3 is 0 Å². The van der Waals surface area contributed by atoms with Gasteiger partial charge in [-0.1, -0.05) is 77.1 Å². The van der Waals surface area contributed by atoms with Gasteiger partial charge in [0.25, 0.3) is 0 Å². The van der Waals surface area contributed by atoms with Gasteiger partial charge in [-0.15, -0.1) is 0 Å². The molecule has 0 aliphatic carbocycles. The molecule has 1 aromatic rings. The van der Waals surface area contributed by atoms with Gasteiger partial charge in [0.1, 0.15) is 8.87 Å². The summed E-state index contributed by atoms with van der Waals surface area (Å²) in [7, 11) is 0. The number of thioether (sulfide) groups is 2. The standard InChI is InChI=1S/C12H11Cl2NS2/c1-8(9-5-3-2-4-6-9)15-12-16-7-10(17-12)11(13)14/h2-6,8H,7H2,1H3. The first-order chi connectivity index (χ1) is 8.16. The van der Waals surface area contributed by atoms with Crippen molar-refractivity contribution in [2.45, 2.75) is 13.0 Å². The maximum absolute atomic E-state index is 5.76. The van der Waals surface area contributed by atoms with Crippen LogP contribution >= 0.6 is 46.7 Å². The van der Waals surface area contributed by atoms with Crippen molar-refractivity contribution in [3.8, 4) is 0 Å². The molecule has 1 aromatic carbocycles. The normalized spacial score (nSPS) is 19.7. The van der Waals surface area contributed by atoms with E-state index < -0.39 is 0 Å². The van der Waals surface area contributed by atoms with Crippen molar-refractivity contribution in [3.05, 3.63) is 45.3 Å². The van der Waals surface area contributed by atoms with Crippen LogP contribution in [0.15, 0.2) is 44.7 Å². The number of hydrogen-bond acceptors (Lipinski definition) is 3. The number of rotatable bonds is 2. The number of halogens is 2. The van der Waals surface area contributed by atoms with E-state index in [4.69, 9.17) is 23.2 Å². The van der Waals surface area contributed by atoms with Crippen LogP contribution in [0, 0.1) is 0 Å². The van der Waals surface area contributed by atoms with Crippen molar-refractivity contribution < 1.29 is 0 Å². The van der Waals surface area contributed by atoms with Crippen molar-refractivity contribution in [1.82, 2.24) is 0 Å². The Bertz CT molecular complexity index is 453. The van der Waals surface area contributed by atoms with E-state index in [1.54, 1.807) is 23.5 Å². The van der Waals surface area contributed by atoms with Gasteiger partial charge in [0.2, 0.25) is 0 Å². The van der Waals surface area contributed by atoms with Crippen LogP contribution in [0.4, 0.5) is 0 Å². The minimum Gasteiger partial charge on any atom is -0.264 e. The summed E-state index contributed by atoms with van der Waals surface area (Å²) in [5.41, 5.74) is 1.22. The average molecular weight is 304 g/mol. The molecule has 0 bridgehead atoms. The zero-order valence-corrected chi connectivity index (χ0v) is 12.3. The lowest BCUT2D eigenvalue weighted by Gasteiger charge is -2.06. The van der Waals surface area contributed by atoms with Gasteiger partial charge in [0, 0.05) is 10.7 Å². The maximum Gasteiger partial charge on any atom is 0.130 e. The quantitative estimate of drug-likeness (QED) is 0.741. The Hall–Kier alpha value is -0.0900. The first-order valence-corrected chi connectivity index (χ1v) is 7.70. The molecule has 1 heterocycles. The summed E-state index contributed by atoms with van der Waals surface area (Å²) in [6.07, 6.45) is 0. The van der Waals surface area contributed by atoms with Gasteiger partial charge in [0.15, 0.2) is 0 Å². The predicted octanol–water partition coefficient (Wildman–Crippen LogP) is 5.23. The fraction of sp³-hybridized carbons (Fsp3) is 0.250. The minimum absolute atomic E-state index is 0.166. The molecule has 1 fully saturated rings. The van der Waals surface area contributed by atoms with E-state index in [0.29, 0.717) is 4.49 Å². The maximum atomic E-state index is 5.76. The second-order valence-corrected chi connectivity index (χ2v) is 6.81. The van der Waals surface area contributed by atoms with Crippen molar-refractivity contribution >= 4 is 51.1 Å². The van der Waals surface area contributed by atoms with Crippen molar-refractivity contribution in [3.63, 3.8) is 0 Å². The molecule has 1 nitrogen and oxygen atoms in total. The average Bonchev–Trinajstić information content (AvgIpc) is 2.79. The van der Waals surface area contributed by atoms with E-state index in [9.17, 15) is 0 Å². The third-order valence-electron chi connectivity index (χ3n) is 2.33. The van der Waals surface area contributed by atoms with Crippen LogP contribution in [0.5, 0.6) is 0 Å². The van der Waals surface area contributed by atoms with Crippen LogP contribution in [0.25, 0.3) is 0 Å². The van der Waals surface area contributed by atoms with Crippen LogP contribution < -0.4 is 0 Å². The van der Waals surface area contributed by atoms with E-state index in [1.807, 2.05) is 18.2 Å². The van der Waals surface area contributed by atoms with E-state index >= 15 is 0 Å². The van der Waals surface area contributed by atoms with Crippen LogP contribution in [0.2, 0.25) is 0 Å². The molecule has 1 aliphatic heterocycles. The van der Waals surface area contributed by atoms with Gasteiger partial charge >= 0.3 is 0 Å². The van der Waals surface area contributed by atoms with Gasteiger partial charge in [0.05, 0.1) is 6.04 Å². The monoisotopic (exact) mass is 303 g/mol. The summed E-state index contributed by atoms with van der Waals surface area (Å²) in [5, 5.41) is 0. The molecule has 5 heteroatoms. The lowest BCUT2D eigenvalue weighted by molar-refractivity contribution is 0.826. The molecule has 0 N–H and O–H groups in total. The van der Waals surface area contributed by atoms with E-state index in [0.717, 1.165) is 15.0 Å². The Morgan fingerprint density at radius 2 is 2.00 bits per heavy atom. The third kappa shape index (κ3) is 3.68. The van der Waals surface area contributed by atoms with E-state index in [-0.39, 0.29) is 6.04 Å². The molecule has 17 heavy (non-hydrogen) atoms. The number of hydrogen-bond donors (Lipinski definition) is 0. The fourth-order valence-corrected chi connectivity index (χ4v) is 4.19. The predicted molar refractivity (Wildman–Crippen MR) is 81.1 cm³/mol. The summed E-state index contributed by atoms with van der Waals surface area (Å²) in [5.74, 6) is 0.827. The van der Waals surface area contributed by atoms with Crippen molar-refractivity contribution in [1.29, 1.82) is 0 Å². The largest absolute Gasteiger partial charge is 0.264 e. The van der Waals surface area contributed by atoms with E-state index in [1.165, 1.54) is 5.56 Å². The molecule has 1 saturated heterocycles. The number of nitrogens with zero attached hydrogens (tertiary/aromatic N) is 1. The second-order valence-electron chi connectivity index (χ2n) is 3.56. The molecule has 1 aliphatic rings. The highest BCUT2D eigenvalue weighted by molar-refractivity contribution is 8.43. The fourth-order valence-electron chi connectivity index (χ4n) is 1.41. The molecule has 2 rings (SSSR count). The summed E-state index contributed by atoms with van der Waals surface area (Å²) >= 11 is 14.8. The van der Waals surface area contributed by atoms with Gasteiger partial charge in [-0.25, -0.2) is 0 Å².